The Kier molecular flexibility index (Phi) is 5.81. The number of hydrogen-bond donors (Lipinski definition) is 2. The molecule has 1 aliphatic rings. The van der Waals surface area contributed by atoms with Crippen molar-refractivity contribution in [3.05, 3.63) is 53.6 Å². The second kappa shape index (κ2) is 8.26. The summed E-state index contributed by atoms with van der Waals surface area (Å²) >= 11 is 1.28. The van der Waals surface area contributed by atoms with Crippen molar-refractivity contribution in [1.82, 2.24) is 5.32 Å². The molecule has 0 spiro atoms. The Balaban J connectivity index is 1.62. The summed E-state index contributed by atoms with van der Waals surface area (Å²) in [6.07, 6.45) is 0.0777. The predicted molar refractivity (Wildman–Crippen MR) is 109 cm³/mol. The van der Waals surface area contributed by atoms with Gasteiger partial charge in [0.25, 0.3) is 0 Å². The van der Waals surface area contributed by atoms with Gasteiger partial charge >= 0.3 is 0 Å². The zero-order valence-corrected chi connectivity index (χ0v) is 16.2. The number of rotatable bonds is 5. The molecule has 6 nitrogen and oxygen atoms in total. The smallest absolute Gasteiger partial charge is 0.240 e. The first kappa shape index (κ1) is 19.0. The number of amides is 2. The number of carbonyl (C=O) groups is 2. The van der Waals surface area contributed by atoms with Crippen molar-refractivity contribution in [3.63, 3.8) is 0 Å². The second-order valence-corrected chi connectivity index (χ2v) is 7.47. The Morgan fingerprint density at radius 1 is 1.22 bits per heavy atom. The van der Waals surface area contributed by atoms with E-state index in [1.54, 1.807) is 31.4 Å². The average molecular weight is 383 g/mol. The first-order valence-electron chi connectivity index (χ1n) is 8.52. The lowest BCUT2D eigenvalue weighted by Gasteiger charge is -2.08. The van der Waals surface area contributed by atoms with Gasteiger partial charge in [-0.05, 0) is 55.3 Å². The summed E-state index contributed by atoms with van der Waals surface area (Å²) in [4.78, 5) is 29.0. The molecule has 7 heteroatoms. The fraction of sp³-hybridized carbons (Fsp3) is 0.250. The fourth-order valence-corrected chi connectivity index (χ4v) is 3.58. The molecule has 0 unspecified atom stereocenters. The minimum Gasteiger partial charge on any atom is -0.497 e. The molecule has 0 saturated carbocycles. The molecule has 1 heterocycles. The van der Waals surface area contributed by atoms with Crippen LogP contribution in [0.1, 0.15) is 17.5 Å². The summed E-state index contributed by atoms with van der Waals surface area (Å²) in [5.74, 6) is 0.292. The van der Waals surface area contributed by atoms with Gasteiger partial charge in [-0.25, -0.2) is 4.99 Å². The van der Waals surface area contributed by atoms with Gasteiger partial charge in [-0.2, -0.15) is 0 Å². The Hall–Kier alpha value is -2.80. The molecule has 1 atom stereocenters. The van der Waals surface area contributed by atoms with E-state index in [2.05, 4.69) is 15.6 Å². The molecule has 0 bridgehead atoms. The van der Waals surface area contributed by atoms with Crippen LogP contribution in [0, 0.1) is 13.8 Å². The maximum atomic E-state index is 12.3. The largest absolute Gasteiger partial charge is 0.497 e. The molecular weight excluding hydrogens is 362 g/mol. The molecule has 27 heavy (non-hydrogen) atoms. The van der Waals surface area contributed by atoms with Crippen molar-refractivity contribution in [2.45, 2.75) is 25.5 Å². The summed E-state index contributed by atoms with van der Waals surface area (Å²) in [5, 5.41) is 5.59. The zero-order chi connectivity index (χ0) is 19.4. The third-order valence-corrected chi connectivity index (χ3v) is 5.19. The van der Waals surface area contributed by atoms with Gasteiger partial charge in [-0.15, -0.1) is 0 Å². The first-order chi connectivity index (χ1) is 12.9. The van der Waals surface area contributed by atoms with E-state index < -0.39 is 5.25 Å². The highest BCUT2D eigenvalue weighted by molar-refractivity contribution is 8.15. The van der Waals surface area contributed by atoms with Gasteiger partial charge in [0.2, 0.25) is 11.8 Å². The van der Waals surface area contributed by atoms with Gasteiger partial charge in [-0.1, -0.05) is 23.9 Å². The zero-order valence-electron chi connectivity index (χ0n) is 15.4. The number of ether oxygens (including phenoxy) is 1. The van der Waals surface area contributed by atoms with Crippen molar-refractivity contribution in [1.29, 1.82) is 0 Å². The number of methoxy groups -OCH3 is 1. The molecule has 2 aromatic carbocycles. The molecule has 140 valence electrons. The fourth-order valence-electron chi connectivity index (χ4n) is 2.60. The van der Waals surface area contributed by atoms with E-state index in [0.717, 1.165) is 16.8 Å². The molecule has 2 aromatic rings. The van der Waals surface area contributed by atoms with Crippen LogP contribution < -0.4 is 15.4 Å². The maximum absolute atomic E-state index is 12.3. The predicted octanol–water partition coefficient (Wildman–Crippen LogP) is 3.56. The van der Waals surface area contributed by atoms with Crippen LogP contribution in [0.3, 0.4) is 0 Å². The van der Waals surface area contributed by atoms with Crippen LogP contribution in [0.15, 0.2) is 47.5 Å². The van der Waals surface area contributed by atoms with E-state index in [4.69, 9.17) is 4.74 Å². The third-order valence-electron chi connectivity index (χ3n) is 4.11. The van der Waals surface area contributed by atoms with Crippen LogP contribution in [0.5, 0.6) is 5.75 Å². The van der Waals surface area contributed by atoms with Crippen LogP contribution in [-0.4, -0.2) is 29.3 Å². The van der Waals surface area contributed by atoms with Crippen LogP contribution in [0.2, 0.25) is 0 Å². The Bertz CT molecular complexity index is 894. The van der Waals surface area contributed by atoms with Crippen molar-refractivity contribution in [2.24, 2.45) is 4.99 Å². The van der Waals surface area contributed by atoms with Crippen molar-refractivity contribution in [2.75, 3.05) is 12.4 Å². The molecule has 1 saturated heterocycles. The molecule has 1 fully saturated rings. The Labute approximate surface area is 162 Å². The number of benzene rings is 2. The van der Waals surface area contributed by atoms with Gasteiger partial charge in [-0.3, -0.25) is 9.59 Å². The topological polar surface area (TPSA) is 79.8 Å². The van der Waals surface area contributed by atoms with Gasteiger partial charge in [0.05, 0.1) is 12.8 Å². The number of anilines is 1. The molecule has 0 aromatic heterocycles. The van der Waals surface area contributed by atoms with Crippen molar-refractivity contribution < 1.29 is 14.3 Å². The quantitative estimate of drug-likeness (QED) is 0.827. The van der Waals surface area contributed by atoms with Crippen molar-refractivity contribution in [3.8, 4) is 5.75 Å². The summed E-state index contributed by atoms with van der Waals surface area (Å²) in [7, 11) is 1.58. The van der Waals surface area contributed by atoms with Gasteiger partial charge in [0.1, 0.15) is 11.0 Å². The molecule has 1 aliphatic heterocycles. The van der Waals surface area contributed by atoms with Crippen LogP contribution >= 0.6 is 11.8 Å². The Morgan fingerprint density at radius 2 is 1.96 bits per heavy atom. The highest BCUT2D eigenvalue weighted by atomic mass is 32.2. The lowest BCUT2D eigenvalue weighted by atomic mass is 10.1. The highest BCUT2D eigenvalue weighted by Crippen LogP contribution is 2.27. The van der Waals surface area contributed by atoms with Crippen molar-refractivity contribution >= 4 is 40.1 Å². The average Bonchev–Trinajstić information content (AvgIpc) is 2.97. The standard InChI is InChI=1S/C20H21N3O3S/c1-12-4-5-13(2)16(10-12)22-20-23-19(25)17(27-20)11-18(24)21-14-6-8-15(26-3)9-7-14/h4-10,17H,11H2,1-3H3,(H,21,24)(H,22,23,25)/t17-/m1/s1. The van der Waals surface area contributed by atoms with Gasteiger partial charge in [0, 0.05) is 12.1 Å². The van der Waals surface area contributed by atoms with E-state index in [9.17, 15) is 9.59 Å². The lowest BCUT2D eigenvalue weighted by Crippen LogP contribution is -2.28. The monoisotopic (exact) mass is 383 g/mol. The van der Waals surface area contributed by atoms with E-state index in [1.807, 2.05) is 32.0 Å². The number of carbonyl (C=O) groups excluding carboxylic acids is 2. The van der Waals surface area contributed by atoms with Gasteiger partial charge < -0.3 is 15.4 Å². The summed E-state index contributed by atoms with van der Waals surface area (Å²) < 4.78 is 5.09. The normalized spacial score (nSPS) is 17.7. The van der Waals surface area contributed by atoms with E-state index in [-0.39, 0.29) is 18.2 Å². The number of hydrogen-bond acceptors (Lipinski definition) is 5. The number of nitrogens with zero attached hydrogens (tertiary/aromatic N) is 1. The summed E-state index contributed by atoms with van der Waals surface area (Å²) in [5.41, 5.74) is 3.61. The highest BCUT2D eigenvalue weighted by Gasteiger charge is 2.32. The molecule has 0 radical (unpaired) electrons. The number of amidine groups is 1. The maximum Gasteiger partial charge on any atom is 0.240 e. The summed E-state index contributed by atoms with van der Waals surface area (Å²) in [6.45, 7) is 3.97. The molecule has 3 rings (SSSR count). The molecule has 2 amide bonds. The van der Waals surface area contributed by atoms with Crippen LogP contribution in [0.4, 0.5) is 11.4 Å². The SMILES string of the molecule is COc1ccc(NC(=O)C[C@H]2SC(=Nc3cc(C)ccc3C)NC2=O)cc1. The first-order valence-corrected chi connectivity index (χ1v) is 9.40. The van der Waals surface area contributed by atoms with E-state index in [1.165, 1.54) is 11.8 Å². The number of nitrogens with one attached hydrogen (secondary N) is 2. The number of thioether (sulfide) groups is 1. The van der Waals surface area contributed by atoms with E-state index >= 15 is 0 Å². The third kappa shape index (κ3) is 4.89. The number of aryl methyl sites for hydroxylation is 2. The van der Waals surface area contributed by atoms with Crippen LogP contribution in [-0.2, 0) is 9.59 Å². The molecule has 2 N–H and O–H groups in total. The molecular formula is C20H21N3O3S. The van der Waals surface area contributed by atoms with Gasteiger partial charge in [0.15, 0.2) is 5.17 Å². The Morgan fingerprint density at radius 3 is 2.67 bits per heavy atom. The minimum atomic E-state index is -0.493. The minimum absolute atomic E-state index is 0.0777. The van der Waals surface area contributed by atoms with E-state index in [0.29, 0.717) is 16.6 Å². The lowest BCUT2D eigenvalue weighted by molar-refractivity contribution is -0.122. The summed E-state index contributed by atoms with van der Waals surface area (Å²) in [6, 6.07) is 13.0. The number of aliphatic imine (C=N–C) groups is 1. The van der Waals surface area contributed by atoms with Crippen LogP contribution in [0.25, 0.3) is 0 Å². The second-order valence-electron chi connectivity index (χ2n) is 6.28. The molecule has 0 aliphatic carbocycles.